The van der Waals surface area contributed by atoms with Crippen LogP contribution >= 0.6 is 15.9 Å². The molecule has 2 rings (SSSR count). The number of likely N-dealkylation sites (tertiary alicyclic amines) is 1. The van der Waals surface area contributed by atoms with Gasteiger partial charge in [-0.3, -0.25) is 9.48 Å². The number of nitrogens with zero attached hydrogens (tertiary/aromatic N) is 3. The molecule has 5 heteroatoms. The SMILES string of the molecule is CCc1nn(C)c(CN2CCC(CC)CCC2=O)c1Br. The Morgan fingerprint density at radius 2 is 2.10 bits per heavy atom. The normalized spacial score (nSPS) is 20.3. The molecule has 1 aromatic heterocycles. The predicted molar refractivity (Wildman–Crippen MR) is 83.3 cm³/mol. The number of carbonyl (C=O) groups is 1. The minimum absolute atomic E-state index is 0.284. The van der Waals surface area contributed by atoms with Crippen molar-refractivity contribution < 1.29 is 4.79 Å². The number of aromatic nitrogens is 2. The molecule has 4 nitrogen and oxygen atoms in total. The van der Waals surface area contributed by atoms with Gasteiger partial charge in [0.25, 0.3) is 0 Å². The Hall–Kier alpha value is -0.840. The van der Waals surface area contributed by atoms with Gasteiger partial charge in [-0.15, -0.1) is 0 Å². The van der Waals surface area contributed by atoms with E-state index in [4.69, 9.17) is 0 Å². The highest BCUT2D eigenvalue weighted by Crippen LogP contribution is 2.26. The van der Waals surface area contributed by atoms with E-state index in [9.17, 15) is 4.79 Å². The van der Waals surface area contributed by atoms with E-state index in [-0.39, 0.29) is 5.91 Å². The van der Waals surface area contributed by atoms with Crippen molar-refractivity contribution >= 4 is 21.8 Å². The summed E-state index contributed by atoms with van der Waals surface area (Å²) in [5.41, 5.74) is 2.17. The Balaban J connectivity index is 2.12. The maximum atomic E-state index is 12.3. The summed E-state index contributed by atoms with van der Waals surface area (Å²) in [4.78, 5) is 14.3. The molecule has 2 heterocycles. The predicted octanol–water partition coefficient (Wildman–Crippen LogP) is 3.28. The Morgan fingerprint density at radius 1 is 1.35 bits per heavy atom. The molecule has 1 atom stereocenters. The van der Waals surface area contributed by atoms with Crippen LogP contribution in [0.3, 0.4) is 0 Å². The number of rotatable bonds is 4. The van der Waals surface area contributed by atoms with Crippen LogP contribution in [0.2, 0.25) is 0 Å². The van der Waals surface area contributed by atoms with Crippen molar-refractivity contribution in [1.29, 1.82) is 0 Å². The first-order valence-electron chi connectivity index (χ1n) is 7.54. The van der Waals surface area contributed by atoms with E-state index < -0.39 is 0 Å². The quantitative estimate of drug-likeness (QED) is 0.842. The molecule has 0 aliphatic carbocycles. The minimum atomic E-state index is 0.284. The van der Waals surface area contributed by atoms with Crippen molar-refractivity contribution in [2.75, 3.05) is 6.54 Å². The molecule has 1 saturated heterocycles. The van der Waals surface area contributed by atoms with Crippen molar-refractivity contribution in [2.45, 2.75) is 52.5 Å². The van der Waals surface area contributed by atoms with Gasteiger partial charge in [-0.2, -0.15) is 5.10 Å². The smallest absolute Gasteiger partial charge is 0.222 e. The molecule has 1 fully saturated rings. The Bertz CT molecular complexity index is 484. The van der Waals surface area contributed by atoms with E-state index in [2.05, 4.69) is 34.9 Å². The number of hydrogen-bond donors (Lipinski definition) is 0. The van der Waals surface area contributed by atoms with E-state index >= 15 is 0 Å². The number of hydrogen-bond acceptors (Lipinski definition) is 2. The molecule has 0 radical (unpaired) electrons. The number of carbonyl (C=O) groups excluding carboxylic acids is 1. The van der Waals surface area contributed by atoms with Gasteiger partial charge in [-0.1, -0.05) is 20.3 Å². The van der Waals surface area contributed by atoms with E-state index in [1.165, 1.54) is 6.42 Å². The third-order valence-electron chi connectivity index (χ3n) is 4.35. The van der Waals surface area contributed by atoms with Gasteiger partial charge in [0.2, 0.25) is 5.91 Å². The van der Waals surface area contributed by atoms with Gasteiger partial charge in [-0.05, 0) is 41.1 Å². The first kappa shape index (κ1) is 15.5. The average molecular weight is 342 g/mol. The van der Waals surface area contributed by atoms with Crippen LogP contribution in [0, 0.1) is 5.92 Å². The molecule has 0 aromatic carbocycles. The van der Waals surface area contributed by atoms with Crippen LogP contribution in [0.25, 0.3) is 0 Å². The molecule has 0 spiro atoms. The number of amides is 1. The summed E-state index contributed by atoms with van der Waals surface area (Å²) >= 11 is 3.63. The zero-order valence-electron chi connectivity index (χ0n) is 12.7. The highest BCUT2D eigenvalue weighted by atomic mass is 79.9. The topological polar surface area (TPSA) is 38.1 Å². The molecule has 0 N–H and O–H groups in total. The van der Waals surface area contributed by atoms with Crippen LogP contribution in [0.4, 0.5) is 0 Å². The molecule has 112 valence electrons. The number of halogens is 1. The molecule has 1 unspecified atom stereocenters. The third kappa shape index (κ3) is 3.25. The number of aryl methyl sites for hydroxylation is 2. The minimum Gasteiger partial charge on any atom is -0.337 e. The van der Waals surface area contributed by atoms with Gasteiger partial charge in [0.05, 0.1) is 22.4 Å². The average Bonchev–Trinajstić information content (AvgIpc) is 2.61. The molecular formula is C15H24BrN3O. The lowest BCUT2D eigenvalue weighted by molar-refractivity contribution is -0.131. The Labute approximate surface area is 129 Å². The van der Waals surface area contributed by atoms with E-state index in [0.717, 1.165) is 41.7 Å². The third-order valence-corrected chi connectivity index (χ3v) is 5.26. The lowest BCUT2D eigenvalue weighted by atomic mass is 9.98. The fourth-order valence-corrected chi connectivity index (χ4v) is 3.58. The van der Waals surface area contributed by atoms with Crippen LogP contribution < -0.4 is 0 Å². The second-order valence-electron chi connectivity index (χ2n) is 5.60. The second kappa shape index (κ2) is 6.74. The van der Waals surface area contributed by atoms with Gasteiger partial charge in [-0.25, -0.2) is 0 Å². The molecule has 20 heavy (non-hydrogen) atoms. The summed E-state index contributed by atoms with van der Waals surface area (Å²) < 4.78 is 2.96. The van der Waals surface area contributed by atoms with Crippen LogP contribution in [0.5, 0.6) is 0 Å². The highest BCUT2D eigenvalue weighted by molar-refractivity contribution is 9.10. The van der Waals surface area contributed by atoms with Crippen LogP contribution in [-0.2, 0) is 24.8 Å². The van der Waals surface area contributed by atoms with Crippen molar-refractivity contribution in [2.24, 2.45) is 13.0 Å². The van der Waals surface area contributed by atoms with Gasteiger partial charge < -0.3 is 4.90 Å². The molecule has 1 amide bonds. The summed E-state index contributed by atoms with van der Waals surface area (Å²) in [6.07, 6.45) is 4.93. The Morgan fingerprint density at radius 3 is 2.70 bits per heavy atom. The van der Waals surface area contributed by atoms with Crippen LogP contribution in [-0.4, -0.2) is 27.1 Å². The van der Waals surface area contributed by atoms with Gasteiger partial charge in [0.15, 0.2) is 0 Å². The molecule has 0 saturated carbocycles. The van der Waals surface area contributed by atoms with Crippen molar-refractivity contribution in [3.05, 3.63) is 15.9 Å². The van der Waals surface area contributed by atoms with Gasteiger partial charge >= 0.3 is 0 Å². The van der Waals surface area contributed by atoms with Crippen LogP contribution in [0.15, 0.2) is 4.47 Å². The van der Waals surface area contributed by atoms with Crippen molar-refractivity contribution in [3.8, 4) is 0 Å². The van der Waals surface area contributed by atoms with Gasteiger partial charge in [0.1, 0.15) is 0 Å². The molecular weight excluding hydrogens is 318 g/mol. The van der Waals surface area contributed by atoms with Crippen molar-refractivity contribution in [3.63, 3.8) is 0 Å². The van der Waals surface area contributed by atoms with Crippen molar-refractivity contribution in [1.82, 2.24) is 14.7 Å². The standard InChI is InChI=1S/C15H24BrN3O/c1-4-11-6-7-14(20)19(9-8-11)10-13-15(16)12(5-2)17-18(13)3/h11H,4-10H2,1-3H3. The first-order chi connectivity index (χ1) is 9.56. The monoisotopic (exact) mass is 341 g/mol. The zero-order valence-corrected chi connectivity index (χ0v) is 14.2. The summed E-state index contributed by atoms with van der Waals surface area (Å²) in [5.74, 6) is 0.984. The second-order valence-corrected chi connectivity index (χ2v) is 6.39. The van der Waals surface area contributed by atoms with E-state index in [1.807, 2.05) is 16.6 Å². The Kier molecular flexibility index (Phi) is 5.24. The highest BCUT2D eigenvalue weighted by Gasteiger charge is 2.24. The lowest BCUT2D eigenvalue weighted by Crippen LogP contribution is -2.30. The van der Waals surface area contributed by atoms with E-state index in [0.29, 0.717) is 18.9 Å². The molecule has 1 aromatic rings. The fourth-order valence-electron chi connectivity index (χ4n) is 2.84. The first-order valence-corrected chi connectivity index (χ1v) is 8.34. The van der Waals surface area contributed by atoms with Gasteiger partial charge in [0, 0.05) is 20.0 Å². The zero-order chi connectivity index (χ0) is 14.7. The molecule has 1 aliphatic heterocycles. The fraction of sp³-hybridized carbons (Fsp3) is 0.733. The maximum absolute atomic E-state index is 12.3. The summed E-state index contributed by atoms with van der Waals surface area (Å²) in [7, 11) is 1.95. The van der Waals surface area contributed by atoms with E-state index in [1.54, 1.807) is 0 Å². The van der Waals surface area contributed by atoms with Crippen LogP contribution in [0.1, 0.15) is 50.9 Å². The summed E-state index contributed by atoms with van der Waals surface area (Å²) in [6.45, 7) is 5.85. The molecule has 1 aliphatic rings. The maximum Gasteiger partial charge on any atom is 0.222 e. The summed E-state index contributed by atoms with van der Waals surface area (Å²) in [5, 5.41) is 4.51. The summed E-state index contributed by atoms with van der Waals surface area (Å²) in [6, 6.07) is 0. The lowest BCUT2D eigenvalue weighted by Gasteiger charge is -2.21. The largest absolute Gasteiger partial charge is 0.337 e. The molecule has 0 bridgehead atoms.